The van der Waals surface area contributed by atoms with Gasteiger partial charge >= 0.3 is 5.97 Å². The number of nitrogens with one attached hydrogen (secondary N) is 1. The molecule has 3 atom stereocenters. The number of amides is 1. The van der Waals surface area contributed by atoms with E-state index in [4.69, 9.17) is 13.8 Å². The van der Waals surface area contributed by atoms with Gasteiger partial charge in [-0.2, -0.15) is 0 Å². The molecule has 0 saturated heterocycles. The number of allylic oxidation sites excluding steroid dienone is 17. The number of phosphoric ester groups is 1. The topological polar surface area (TPSA) is 114 Å². The fourth-order valence-electron chi connectivity index (χ4n) is 10.9. The van der Waals surface area contributed by atoms with Gasteiger partial charge in [0.05, 0.1) is 33.8 Å². The fraction of sp³-hybridized carbons (Fsp3) is 0.753. The lowest BCUT2D eigenvalue weighted by Gasteiger charge is -2.30. The van der Waals surface area contributed by atoms with Crippen molar-refractivity contribution in [2.24, 2.45) is 0 Å². The van der Waals surface area contributed by atoms with E-state index < -0.39 is 26.6 Å². The van der Waals surface area contributed by atoms with E-state index in [-0.39, 0.29) is 24.9 Å². The van der Waals surface area contributed by atoms with Crippen molar-refractivity contribution < 1.29 is 37.3 Å². The Morgan fingerprint density at radius 2 is 0.703 bits per heavy atom. The normalized spacial score (nSPS) is 14.1. The fourth-order valence-corrected chi connectivity index (χ4v) is 11.6. The van der Waals surface area contributed by atoms with Crippen molar-refractivity contribution in [1.82, 2.24) is 5.32 Å². The molecule has 3 unspecified atom stereocenters. The second-order valence-electron chi connectivity index (χ2n) is 26.8. The lowest BCUT2D eigenvalue weighted by Crippen LogP contribution is -2.47. The SMILES string of the molecule is CC/C=C\C/C=C\C/C=C\C/C=C\C/C=C\CCCCCCCCCCCCCC(=O)NC(COP(=O)([O-])OCC[N+](C)(C)C)C(/C=C/CCCCCCCCCCC)OC(=O)CCCCCCCCCCCCCCCC/C=C\C/C=C\C/C=C\CCCCC. The van der Waals surface area contributed by atoms with Crippen molar-refractivity contribution in [2.45, 2.75) is 354 Å². The standard InChI is InChI=1S/C81H145N2O7P/c1-7-10-13-16-19-22-25-27-29-31-33-35-37-39-41-43-45-47-49-51-53-55-58-61-64-67-70-73-80(84)82-78(77-89-91(86,87)88-76-75-83(4,5)6)79(72-69-66-63-60-57-24-21-18-15-12-9-3)90-81(85)74-71-68-65-62-59-56-54-52-50-48-46-44-42-40-38-36-34-32-30-28-26-23-20-17-14-11-8-2/h10,13,19-20,22-23,27-30,33-36,39,41,69,72,78-79H,7-9,11-12,14-18,21,24-26,31-32,37-38,40,42-68,70-71,73-77H2,1-6H3,(H-,82,84,86,87)/b13-10-,22-19-,23-20-,29-27-,30-28-,35-33-,36-34-,41-39-,72-69+. The number of unbranched alkanes of at least 4 members (excludes halogenated alkanes) is 37. The molecule has 91 heavy (non-hydrogen) atoms. The van der Waals surface area contributed by atoms with Crippen molar-refractivity contribution in [1.29, 1.82) is 0 Å². The molecule has 0 spiro atoms. The molecule has 1 N–H and O–H groups in total. The van der Waals surface area contributed by atoms with Crippen LogP contribution in [0.5, 0.6) is 0 Å². The molecule has 0 aliphatic carbocycles. The van der Waals surface area contributed by atoms with Gasteiger partial charge in [0.2, 0.25) is 5.91 Å². The van der Waals surface area contributed by atoms with Crippen LogP contribution in [0.2, 0.25) is 0 Å². The van der Waals surface area contributed by atoms with Crippen LogP contribution in [0.25, 0.3) is 0 Å². The molecule has 0 radical (unpaired) electrons. The second-order valence-corrected chi connectivity index (χ2v) is 28.2. The Labute approximate surface area is 563 Å². The lowest BCUT2D eigenvalue weighted by atomic mass is 10.0. The maximum Gasteiger partial charge on any atom is 0.306 e. The third-order valence-electron chi connectivity index (χ3n) is 16.7. The van der Waals surface area contributed by atoms with Gasteiger partial charge in [-0.1, -0.05) is 323 Å². The molecule has 0 bridgehead atoms. The first-order valence-corrected chi connectivity index (χ1v) is 39.7. The largest absolute Gasteiger partial charge is 0.756 e. The monoisotopic (exact) mass is 1290 g/mol. The van der Waals surface area contributed by atoms with Gasteiger partial charge in [-0.15, -0.1) is 0 Å². The summed E-state index contributed by atoms with van der Waals surface area (Å²) in [5, 5.41) is 3.05. The highest BCUT2D eigenvalue weighted by Gasteiger charge is 2.27. The molecular weight excluding hydrogens is 1140 g/mol. The number of ether oxygens (including phenoxy) is 1. The van der Waals surface area contributed by atoms with Gasteiger partial charge in [0.25, 0.3) is 7.82 Å². The molecule has 0 heterocycles. The van der Waals surface area contributed by atoms with Crippen LogP contribution in [-0.2, 0) is 27.9 Å². The molecule has 0 aliphatic rings. The first-order chi connectivity index (χ1) is 44.4. The van der Waals surface area contributed by atoms with E-state index in [1.165, 1.54) is 193 Å². The summed E-state index contributed by atoms with van der Waals surface area (Å²) in [6.45, 7) is 6.72. The van der Waals surface area contributed by atoms with Crippen molar-refractivity contribution in [3.63, 3.8) is 0 Å². The van der Waals surface area contributed by atoms with Gasteiger partial charge in [-0.05, 0) is 115 Å². The van der Waals surface area contributed by atoms with E-state index in [9.17, 15) is 19.0 Å². The van der Waals surface area contributed by atoms with Gasteiger partial charge in [0.15, 0.2) is 0 Å². The zero-order chi connectivity index (χ0) is 66.3. The number of carbonyl (C=O) groups is 2. The molecule has 0 aliphatic heterocycles. The molecule has 9 nitrogen and oxygen atoms in total. The van der Waals surface area contributed by atoms with Gasteiger partial charge in [-0.25, -0.2) is 0 Å². The molecule has 526 valence electrons. The molecule has 0 aromatic heterocycles. The molecule has 0 rings (SSSR count). The number of hydrogen-bond donors (Lipinski definition) is 1. The smallest absolute Gasteiger partial charge is 0.306 e. The summed E-state index contributed by atoms with van der Waals surface area (Å²) < 4.78 is 30.5. The predicted molar refractivity (Wildman–Crippen MR) is 394 cm³/mol. The Morgan fingerprint density at radius 1 is 0.396 bits per heavy atom. The number of quaternary nitrogens is 1. The van der Waals surface area contributed by atoms with Crippen LogP contribution in [0.15, 0.2) is 109 Å². The highest BCUT2D eigenvalue weighted by Crippen LogP contribution is 2.38. The molecule has 1 amide bonds. The van der Waals surface area contributed by atoms with Crippen molar-refractivity contribution in [2.75, 3.05) is 40.9 Å². The first-order valence-electron chi connectivity index (χ1n) is 38.2. The van der Waals surface area contributed by atoms with Crippen LogP contribution in [0.4, 0.5) is 0 Å². The quantitative estimate of drug-likeness (QED) is 0.0212. The van der Waals surface area contributed by atoms with E-state index in [0.717, 1.165) is 116 Å². The lowest BCUT2D eigenvalue weighted by molar-refractivity contribution is -0.870. The van der Waals surface area contributed by atoms with Gasteiger partial charge < -0.3 is 28.5 Å². The van der Waals surface area contributed by atoms with E-state index in [1.807, 2.05) is 33.3 Å². The number of nitrogens with zero attached hydrogens (tertiary/aromatic N) is 1. The molecular formula is C81H145N2O7P. The summed E-state index contributed by atoms with van der Waals surface area (Å²) in [7, 11) is 1.18. The van der Waals surface area contributed by atoms with Crippen LogP contribution in [-0.4, -0.2) is 69.4 Å². The predicted octanol–water partition coefficient (Wildman–Crippen LogP) is 24.2. The molecule has 10 heteroatoms. The van der Waals surface area contributed by atoms with E-state index in [1.54, 1.807) is 0 Å². The van der Waals surface area contributed by atoms with Gasteiger partial charge in [0, 0.05) is 12.8 Å². The summed E-state index contributed by atoms with van der Waals surface area (Å²) >= 11 is 0. The summed E-state index contributed by atoms with van der Waals surface area (Å²) in [5.41, 5.74) is 0. The minimum Gasteiger partial charge on any atom is -0.756 e. The van der Waals surface area contributed by atoms with Gasteiger partial charge in [-0.3, -0.25) is 14.2 Å². The minimum absolute atomic E-state index is 0.0263. The van der Waals surface area contributed by atoms with Crippen LogP contribution in [0.1, 0.15) is 342 Å². The Kier molecular flexibility index (Phi) is 67.0. The second kappa shape index (κ2) is 69.5. The van der Waals surface area contributed by atoms with E-state index >= 15 is 0 Å². The number of hydrogen-bond acceptors (Lipinski definition) is 7. The number of carbonyl (C=O) groups excluding carboxylic acids is 2. The van der Waals surface area contributed by atoms with Crippen LogP contribution >= 0.6 is 7.82 Å². The number of rotatable bonds is 69. The number of esters is 1. The third-order valence-corrected chi connectivity index (χ3v) is 17.7. The summed E-state index contributed by atoms with van der Waals surface area (Å²) in [6.07, 6.45) is 96.5. The van der Waals surface area contributed by atoms with Gasteiger partial charge in [0.1, 0.15) is 19.3 Å². The first kappa shape index (κ1) is 87.7. The Bertz CT molecular complexity index is 1930. The number of phosphoric acid groups is 1. The van der Waals surface area contributed by atoms with Crippen LogP contribution in [0, 0.1) is 0 Å². The highest BCUT2D eigenvalue weighted by molar-refractivity contribution is 7.45. The Balaban J connectivity index is 4.93. The maximum absolute atomic E-state index is 13.6. The third kappa shape index (κ3) is 70.8. The Morgan fingerprint density at radius 3 is 1.08 bits per heavy atom. The number of likely N-dealkylation sites (N-methyl/N-ethyl adjacent to an activating group) is 1. The van der Waals surface area contributed by atoms with Crippen LogP contribution in [0.3, 0.4) is 0 Å². The molecule has 0 fully saturated rings. The summed E-state index contributed by atoms with van der Waals surface area (Å²) in [5.74, 6) is -0.540. The zero-order valence-electron chi connectivity index (χ0n) is 60.3. The maximum atomic E-state index is 13.6. The van der Waals surface area contributed by atoms with Crippen molar-refractivity contribution in [3.8, 4) is 0 Å². The zero-order valence-corrected chi connectivity index (χ0v) is 61.2. The minimum atomic E-state index is -4.71. The highest BCUT2D eigenvalue weighted by atomic mass is 31.2. The van der Waals surface area contributed by atoms with Crippen molar-refractivity contribution >= 4 is 19.7 Å². The van der Waals surface area contributed by atoms with Crippen LogP contribution < -0.4 is 10.2 Å². The van der Waals surface area contributed by atoms with E-state index in [2.05, 4.69) is 123 Å². The van der Waals surface area contributed by atoms with Crippen molar-refractivity contribution in [3.05, 3.63) is 109 Å². The van der Waals surface area contributed by atoms with E-state index in [0.29, 0.717) is 17.4 Å². The average molecular weight is 1290 g/mol. The average Bonchev–Trinajstić information content (AvgIpc) is 3.08. The Hall–Kier alpha value is -3.33. The molecule has 0 aromatic rings. The molecule has 0 saturated carbocycles. The summed E-state index contributed by atoms with van der Waals surface area (Å²) in [4.78, 5) is 40.3. The molecule has 0 aromatic carbocycles. The summed E-state index contributed by atoms with van der Waals surface area (Å²) in [6, 6.07) is -0.897.